The zero-order valence-corrected chi connectivity index (χ0v) is 19.1. The van der Waals surface area contributed by atoms with E-state index in [0.29, 0.717) is 23.4 Å². The van der Waals surface area contributed by atoms with Crippen LogP contribution in [-0.2, 0) is 23.1 Å². The summed E-state index contributed by atoms with van der Waals surface area (Å²) in [6.45, 7) is 6.62. The van der Waals surface area contributed by atoms with Crippen LogP contribution in [0.2, 0.25) is 0 Å². The maximum Gasteiger partial charge on any atom is 0.253 e. The number of carbonyl (C=O) groups excluding carboxylic acids is 1. The molecule has 1 amide bonds. The van der Waals surface area contributed by atoms with Crippen molar-refractivity contribution in [2.45, 2.75) is 38.8 Å². The summed E-state index contributed by atoms with van der Waals surface area (Å²) < 4.78 is 29.4. The minimum atomic E-state index is -3.65. The molecule has 0 radical (unpaired) electrons. The van der Waals surface area contributed by atoms with Crippen LogP contribution in [0.15, 0.2) is 41.3 Å². The van der Waals surface area contributed by atoms with Crippen molar-refractivity contribution in [3.63, 3.8) is 0 Å². The molecule has 1 aromatic heterocycles. The van der Waals surface area contributed by atoms with Crippen molar-refractivity contribution >= 4 is 27.0 Å². The Balaban J connectivity index is 1.97. The van der Waals surface area contributed by atoms with Gasteiger partial charge in [0.1, 0.15) is 5.82 Å². The fourth-order valence-electron chi connectivity index (χ4n) is 3.38. The predicted molar refractivity (Wildman–Crippen MR) is 118 cm³/mol. The summed E-state index contributed by atoms with van der Waals surface area (Å²) >= 11 is 0. The molecule has 0 aliphatic carbocycles. The Bertz CT molecular complexity index is 1210. The molecular weight excluding hydrogens is 400 g/mol. The number of rotatable bonds is 6. The molecule has 0 N–H and O–H groups in total. The molecule has 0 aliphatic heterocycles. The van der Waals surface area contributed by atoms with E-state index in [1.165, 1.54) is 9.21 Å². The molecule has 0 saturated heterocycles. The van der Waals surface area contributed by atoms with Crippen LogP contribution in [0, 0.1) is 13.8 Å². The van der Waals surface area contributed by atoms with Crippen LogP contribution in [-0.4, -0.2) is 54.2 Å². The number of imidazole rings is 1. The molecule has 0 bridgehead atoms. The van der Waals surface area contributed by atoms with Gasteiger partial charge in [-0.25, -0.2) is 13.4 Å². The lowest BCUT2D eigenvalue weighted by atomic mass is 10.1. The number of aryl methyl sites for hydroxylation is 3. The standard InChI is InChI=1S/C22H28N4O3S/c1-7-26-20-11-9-17(22(27)24(4)5)13-19(20)23-21(26)14-25(6)30(28,29)18-10-8-15(2)16(3)12-18/h8-13H,7,14H2,1-6H3. The van der Waals surface area contributed by atoms with Crippen molar-refractivity contribution in [2.24, 2.45) is 0 Å². The molecule has 0 fully saturated rings. The van der Waals surface area contributed by atoms with Crippen molar-refractivity contribution in [1.29, 1.82) is 0 Å². The quantitative estimate of drug-likeness (QED) is 0.604. The van der Waals surface area contributed by atoms with Gasteiger partial charge in [0.2, 0.25) is 10.0 Å². The van der Waals surface area contributed by atoms with E-state index in [1.54, 1.807) is 45.4 Å². The summed E-state index contributed by atoms with van der Waals surface area (Å²) in [5.41, 5.74) is 4.09. The largest absolute Gasteiger partial charge is 0.345 e. The average molecular weight is 429 g/mol. The van der Waals surface area contributed by atoms with Gasteiger partial charge in [0, 0.05) is 33.3 Å². The second kappa shape index (κ2) is 8.20. The second-order valence-corrected chi connectivity index (χ2v) is 9.73. The lowest BCUT2D eigenvalue weighted by molar-refractivity contribution is 0.0827. The van der Waals surface area contributed by atoms with E-state index >= 15 is 0 Å². The number of sulfonamides is 1. The Labute approximate surface area is 178 Å². The highest BCUT2D eigenvalue weighted by atomic mass is 32.2. The van der Waals surface area contributed by atoms with Crippen LogP contribution in [0.5, 0.6) is 0 Å². The van der Waals surface area contributed by atoms with Gasteiger partial charge in [0.05, 0.1) is 22.5 Å². The minimum Gasteiger partial charge on any atom is -0.345 e. The first-order chi connectivity index (χ1) is 14.1. The Morgan fingerprint density at radius 1 is 1.03 bits per heavy atom. The summed E-state index contributed by atoms with van der Waals surface area (Å²) in [6, 6.07) is 10.5. The van der Waals surface area contributed by atoms with Gasteiger partial charge < -0.3 is 9.47 Å². The maximum absolute atomic E-state index is 13.1. The highest BCUT2D eigenvalue weighted by molar-refractivity contribution is 7.89. The third-order valence-electron chi connectivity index (χ3n) is 5.35. The van der Waals surface area contributed by atoms with Crippen LogP contribution in [0.3, 0.4) is 0 Å². The molecule has 0 saturated carbocycles. The molecule has 3 aromatic rings. The van der Waals surface area contributed by atoms with Gasteiger partial charge >= 0.3 is 0 Å². The van der Waals surface area contributed by atoms with Crippen LogP contribution in [0.4, 0.5) is 0 Å². The first-order valence-electron chi connectivity index (χ1n) is 9.80. The number of hydrogen-bond donors (Lipinski definition) is 0. The van der Waals surface area contributed by atoms with Crippen LogP contribution < -0.4 is 0 Å². The number of aromatic nitrogens is 2. The van der Waals surface area contributed by atoms with Crippen LogP contribution in [0.1, 0.15) is 34.2 Å². The van der Waals surface area contributed by atoms with E-state index in [2.05, 4.69) is 4.98 Å². The molecule has 0 aliphatic rings. The van der Waals surface area contributed by atoms with E-state index in [4.69, 9.17) is 0 Å². The lowest BCUT2D eigenvalue weighted by Gasteiger charge is -2.18. The normalized spacial score (nSPS) is 12.0. The summed E-state index contributed by atoms with van der Waals surface area (Å²) in [6.07, 6.45) is 0. The summed E-state index contributed by atoms with van der Waals surface area (Å²) in [7, 11) is 1.32. The van der Waals surface area contributed by atoms with Crippen molar-refractivity contribution < 1.29 is 13.2 Å². The summed E-state index contributed by atoms with van der Waals surface area (Å²) in [5, 5.41) is 0. The maximum atomic E-state index is 13.1. The third kappa shape index (κ3) is 3.97. The second-order valence-electron chi connectivity index (χ2n) is 7.68. The third-order valence-corrected chi connectivity index (χ3v) is 7.15. The molecule has 0 spiro atoms. The molecule has 2 aromatic carbocycles. The van der Waals surface area contributed by atoms with Gasteiger partial charge in [-0.15, -0.1) is 0 Å². The van der Waals surface area contributed by atoms with E-state index in [1.807, 2.05) is 37.5 Å². The number of hydrogen-bond acceptors (Lipinski definition) is 4. The molecule has 1 heterocycles. The zero-order valence-electron chi connectivity index (χ0n) is 18.3. The number of benzene rings is 2. The van der Waals surface area contributed by atoms with Gasteiger partial charge in [0.25, 0.3) is 5.91 Å². The molecule has 3 rings (SSSR count). The van der Waals surface area contributed by atoms with E-state index in [-0.39, 0.29) is 17.3 Å². The van der Waals surface area contributed by atoms with Crippen molar-refractivity contribution in [2.75, 3.05) is 21.1 Å². The topological polar surface area (TPSA) is 75.5 Å². The smallest absolute Gasteiger partial charge is 0.253 e. The molecule has 8 heteroatoms. The zero-order chi connectivity index (χ0) is 22.2. The molecule has 30 heavy (non-hydrogen) atoms. The Morgan fingerprint density at radius 2 is 1.73 bits per heavy atom. The average Bonchev–Trinajstić information content (AvgIpc) is 3.05. The monoisotopic (exact) mass is 428 g/mol. The first-order valence-corrected chi connectivity index (χ1v) is 11.2. The highest BCUT2D eigenvalue weighted by Gasteiger charge is 2.24. The highest BCUT2D eigenvalue weighted by Crippen LogP contribution is 2.23. The van der Waals surface area contributed by atoms with Crippen molar-refractivity contribution in [1.82, 2.24) is 18.8 Å². The minimum absolute atomic E-state index is 0.0982. The van der Waals surface area contributed by atoms with E-state index < -0.39 is 10.0 Å². The van der Waals surface area contributed by atoms with Gasteiger partial charge in [-0.1, -0.05) is 6.07 Å². The molecule has 0 atom stereocenters. The van der Waals surface area contributed by atoms with Crippen LogP contribution in [0.25, 0.3) is 11.0 Å². The fourth-order valence-corrected chi connectivity index (χ4v) is 4.59. The Hall–Kier alpha value is -2.71. The Morgan fingerprint density at radius 3 is 2.33 bits per heavy atom. The SMILES string of the molecule is CCn1c(CN(C)S(=O)(=O)c2ccc(C)c(C)c2)nc2cc(C(=O)N(C)C)ccc21. The Kier molecular flexibility index (Phi) is 6.01. The predicted octanol–water partition coefficient (Wildman–Crippen LogP) is 3.20. The summed E-state index contributed by atoms with van der Waals surface area (Å²) in [5.74, 6) is 0.538. The van der Waals surface area contributed by atoms with Gasteiger partial charge in [0.15, 0.2) is 0 Å². The lowest BCUT2D eigenvalue weighted by Crippen LogP contribution is -2.28. The van der Waals surface area contributed by atoms with Crippen LogP contribution >= 0.6 is 0 Å². The molecule has 7 nitrogen and oxygen atoms in total. The number of carbonyl (C=O) groups is 1. The molecule has 160 valence electrons. The van der Waals surface area contributed by atoms with Crippen molar-refractivity contribution in [3.05, 3.63) is 58.9 Å². The van der Waals surface area contributed by atoms with Gasteiger partial charge in [-0.2, -0.15) is 4.31 Å². The van der Waals surface area contributed by atoms with Gasteiger partial charge in [-0.3, -0.25) is 4.79 Å². The molecular formula is C22H28N4O3S. The fraction of sp³-hybridized carbons (Fsp3) is 0.364. The van der Waals surface area contributed by atoms with E-state index in [0.717, 1.165) is 16.6 Å². The van der Waals surface area contributed by atoms with E-state index in [9.17, 15) is 13.2 Å². The summed E-state index contributed by atoms with van der Waals surface area (Å²) in [4.78, 5) is 18.7. The number of amides is 1. The van der Waals surface area contributed by atoms with Gasteiger partial charge in [-0.05, 0) is 62.2 Å². The number of fused-ring (bicyclic) bond motifs is 1. The molecule has 0 unspecified atom stereocenters. The first kappa shape index (κ1) is 22.0. The van der Waals surface area contributed by atoms with Crippen molar-refractivity contribution in [3.8, 4) is 0 Å². The number of nitrogens with zero attached hydrogens (tertiary/aromatic N) is 4.